The summed E-state index contributed by atoms with van der Waals surface area (Å²) < 4.78 is 18.3. The second-order valence-corrected chi connectivity index (χ2v) is 6.07. The summed E-state index contributed by atoms with van der Waals surface area (Å²) in [4.78, 5) is 18.4. The average Bonchev–Trinajstić information content (AvgIpc) is 3.12. The van der Waals surface area contributed by atoms with Gasteiger partial charge in [0.15, 0.2) is 0 Å². The highest BCUT2D eigenvalue weighted by Gasteiger charge is 2.16. The molecule has 0 atom stereocenters. The first-order valence-electron chi connectivity index (χ1n) is 8.21. The molecule has 3 aromatic rings. The van der Waals surface area contributed by atoms with Crippen molar-refractivity contribution < 1.29 is 13.7 Å². The van der Waals surface area contributed by atoms with E-state index in [9.17, 15) is 9.18 Å². The lowest BCUT2D eigenvalue weighted by atomic mass is 10.2. The zero-order valence-corrected chi connectivity index (χ0v) is 14.9. The molecule has 0 aliphatic rings. The molecule has 3 rings (SSSR count). The van der Waals surface area contributed by atoms with Gasteiger partial charge in [0.05, 0.1) is 0 Å². The molecule has 0 saturated carbocycles. The molecular weight excluding hydrogens is 357 g/mol. The minimum absolute atomic E-state index is 0.0923. The van der Waals surface area contributed by atoms with E-state index in [0.717, 1.165) is 5.56 Å². The molecule has 0 fully saturated rings. The fraction of sp³-hybridized carbons (Fsp3) is 0.211. The Morgan fingerprint density at radius 3 is 2.50 bits per heavy atom. The van der Waals surface area contributed by atoms with Gasteiger partial charge in [-0.05, 0) is 55.5 Å². The number of aromatic nitrogens is 2. The van der Waals surface area contributed by atoms with Gasteiger partial charge < -0.3 is 9.42 Å². The molecule has 1 amide bonds. The Morgan fingerprint density at radius 2 is 1.85 bits per heavy atom. The fourth-order valence-electron chi connectivity index (χ4n) is 2.55. The highest BCUT2D eigenvalue weighted by molar-refractivity contribution is 6.30. The van der Waals surface area contributed by atoms with Gasteiger partial charge in [-0.2, -0.15) is 4.98 Å². The van der Waals surface area contributed by atoms with E-state index in [2.05, 4.69) is 10.1 Å². The molecule has 0 aliphatic heterocycles. The first-order valence-corrected chi connectivity index (χ1v) is 8.59. The van der Waals surface area contributed by atoms with E-state index in [1.165, 1.54) is 12.1 Å². The van der Waals surface area contributed by atoms with Gasteiger partial charge in [-0.1, -0.05) is 16.8 Å². The molecule has 0 radical (unpaired) electrons. The number of nitrogens with zero attached hydrogens (tertiary/aromatic N) is 3. The summed E-state index contributed by atoms with van der Waals surface area (Å²) in [6.45, 7) is 2.36. The highest BCUT2D eigenvalue weighted by Crippen LogP contribution is 2.20. The third-order valence-corrected chi connectivity index (χ3v) is 4.13. The van der Waals surface area contributed by atoms with Crippen LogP contribution in [-0.2, 0) is 11.2 Å². The van der Waals surface area contributed by atoms with Crippen molar-refractivity contribution in [3.8, 4) is 11.4 Å². The van der Waals surface area contributed by atoms with E-state index in [1.807, 2.05) is 6.92 Å². The van der Waals surface area contributed by atoms with Gasteiger partial charge in [0.25, 0.3) is 0 Å². The zero-order chi connectivity index (χ0) is 18.5. The van der Waals surface area contributed by atoms with Crippen molar-refractivity contribution in [1.29, 1.82) is 0 Å². The minimum Gasteiger partial charge on any atom is -0.339 e. The average molecular weight is 374 g/mol. The summed E-state index contributed by atoms with van der Waals surface area (Å²) in [5.41, 5.74) is 1.45. The molecule has 5 nitrogen and oxygen atoms in total. The quantitative estimate of drug-likeness (QED) is 0.637. The van der Waals surface area contributed by atoms with Crippen LogP contribution >= 0.6 is 11.6 Å². The first kappa shape index (κ1) is 18.1. The van der Waals surface area contributed by atoms with Crippen LogP contribution in [0.1, 0.15) is 19.2 Å². The van der Waals surface area contributed by atoms with Crippen LogP contribution in [-0.4, -0.2) is 22.6 Å². The number of halogens is 2. The van der Waals surface area contributed by atoms with Crippen LogP contribution in [0.5, 0.6) is 0 Å². The Kier molecular flexibility index (Phi) is 5.63. The normalized spacial score (nSPS) is 10.7. The summed E-state index contributed by atoms with van der Waals surface area (Å²) >= 11 is 5.86. The summed E-state index contributed by atoms with van der Waals surface area (Å²) in [7, 11) is 0. The number of aryl methyl sites for hydroxylation is 1. The minimum atomic E-state index is -0.335. The largest absolute Gasteiger partial charge is 0.339 e. The van der Waals surface area contributed by atoms with Gasteiger partial charge in [-0.3, -0.25) is 4.79 Å². The monoisotopic (exact) mass is 373 g/mol. The summed E-state index contributed by atoms with van der Waals surface area (Å²) in [6, 6.07) is 12.9. The summed E-state index contributed by atoms with van der Waals surface area (Å²) in [6.07, 6.45) is 0.546. The number of carbonyl (C=O) groups excluding carboxylic acids is 1. The maximum Gasteiger partial charge on any atom is 0.227 e. The van der Waals surface area contributed by atoms with Crippen molar-refractivity contribution in [2.75, 3.05) is 11.4 Å². The molecule has 0 unspecified atom stereocenters. The Hall–Kier alpha value is -2.73. The number of carbonyl (C=O) groups is 1. The van der Waals surface area contributed by atoms with Crippen molar-refractivity contribution in [3.63, 3.8) is 0 Å². The fourth-order valence-corrected chi connectivity index (χ4v) is 2.67. The SMILES string of the molecule is CCN(C(=O)CCc1nc(-c2ccc(Cl)cc2)no1)c1ccc(F)cc1. The highest BCUT2D eigenvalue weighted by atomic mass is 35.5. The van der Waals surface area contributed by atoms with Gasteiger partial charge in [-0.25, -0.2) is 4.39 Å². The third-order valence-electron chi connectivity index (χ3n) is 3.88. The van der Waals surface area contributed by atoms with Crippen LogP contribution < -0.4 is 4.90 Å². The lowest BCUT2D eigenvalue weighted by Gasteiger charge is -2.20. The van der Waals surface area contributed by atoms with Crippen LogP contribution in [0, 0.1) is 5.82 Å². The second kappa shape index (κ2) is 8.10. The third kappa shape index (κ3) is 4.26. The van der Waals surface area contributed by atoms with Gasteiger partial charge >= 0.3 is 0 Å². The standard InChI is InChI=1S/C19H17ClFN3O2/c1-2-24(16-9-7-15(21)8-10-16)18(25)12-11-17-22-19(23-26-17)13-3-5-14(20)6-4-13/h3-10H,2,11-12H2,1H3. The van der Waals surface area contributed by atoms with E-state index in [-0.39, 0.29) is 18.1 Å². The summed E-state index contributed by atoms with van der Waals surface area (Å²) in [5, 5.41) is 4.56. The molecule has 1 heterocycles. The molecule has 0 saturated heterocycles. The molecule has 0 N–H and O–H groups in total. The first-order chi connectivity index (χ1) is 12.6. The molecule has 0 aliphatic carbocycles. The molecule has 2 aromatic carbocycles. The molecule has 0 spiro atoms. The molecule has 26 heavy (non-hydrogen) atoms. The molecule has 7 heteroatoms. The number of benzene rings is 2. The Balaban J connectivity index is 1.63. The van der Waals surface area contributed by atoms with Gasteiger partial charge in [0, 0.05) is 35.7 Å². The second-order valence-electron chi connectivity index (χ2n) is 5.63. The topological polar surface area (TPSA) is 59.2 Å². The van der Waals surface area contributed by atoms with E-state index < -0.39 is 0 Å². The van der Waals surface area contributed by atoms with Crippen molar-refractivity contribution in [2.24, 2.45) is 0 Å². The maximum absolute atomic E-state index is 13.1. The van der Waals surface area contributed by atoms with E-state index in [1.54, 1.807) is 41.3 Å². The predicted octanol–water partition coefficient (Wildman–Crippen LogP) is 4.51. The molecule has 0 bridgehead atoms. The predicted molar refractivity (Wildman–Crippen MR) is 97.5 cm³/mol. The Labute approximate surface area is 155 Å². The summed E-state index contributed by atoms with van der Waals surface area (Å²) in [5.74, 6) is 0.414. The van der Waals surface area contributed by atoms with Gasteiger partial charge in [-0.15, -0.1) is 0 Å². The van der Waals surface area contributed by atoms with Crippen LogP contribution in [0.2, 0.25) is 5.02 Å². The number of anilines is 1. The van der Waals surface area contributed by atoms with Gasteiger partial charge in [0.1, 0.15) is 5.82 Å². The van der Waals surface area contributed by atoms with Crippen LogP contribution in [0.25, 0.3) is 11.4 Å². The Bertz CT molecular complexity index is 879. The number of hydrogen-bond donors (Lipinski definition) is 0. The van der Waals surface area contributed by atoms with Crippen molar-refractivity contribution >= 4 is 23.2 Å². The lowest BCUT2D eigenvalue weighted by molar-refractivity contribution is -0.118. The lowest BCUT2D eigenvalue weighted by Crippen LogP contribution is -2.30. The zero-order valence-electron chi connectivity index (χ0n) is 14.2. The van der Waals surface area contributed by atoms with Crippen molar-refractivity contribution in [2.45, 2.75) is 19.8 Å². The van der Waals surface area contributed by atoms with E-state index >= 15 is 0 Å². The van der Waals surface area contributed by atoms with Crippen molar-refractivity contribution in [1.82, 2.24) is 10.1 Å². The molecule has 134 valence electrons. The Morgan fingerprint density at radius 1 is 1.15 bits per heavy atom. The molecular formula is C19H17ClFN3O2. The smallest absolute Gasteiger partial charge is 0.227 e. The maximum atomic E-state index is 13.1. The molecule has 1 aromatic heterocycles. The van der Waals surface area contributed by atoms with Crippen LogP contribution in [0.3, 0.4) is 0 Å². The van der Waals surface area contributed by atoms with Crippen LogP contribution in [0.15, 0.2) is 53.1 Å². The van der Waals surface area contributed by atoms with Gasteiger partial charge in [0.2, 0.25) is 17.6 Å². The van der Waals surface area contributed by atoms with E-state index in [4.69, 9.17) is 16.1 Å². The number of rotatable bonds is 6. The van der Waals surface area contributed by atoms with Crippen LogP contribution in [0.4, 0.5) is 10.1 Å². The number of amides is 1. The number of hydrogen-bond acceptors (Lipinski definition) is 4. The van der Waals surface area contributed by atoms with E-state index in [0.29, 0.717) is 35.4 Å². The van der Waals surface area contributed by atoms with Crippen molar-refractivity contribution in [3.05, 3.63) is 65.3 Å².